The molecule has 0 aliphatic heterocycles. The van der Waals surface area contributed by atoms with Gasteiger partial charge in [-0.1, -0.05) is 16.8 Å². The summed E-state index contributed by atoms with van der Waals surface area (Å²) in [6.07, 6.45) is 1.76. The lowest BCUT2D eigenvalue weighted by molar-refractivity contribution is 0.602. The minimum absolute atomic E-state index is 0.200. The third kappa shape index (κ3) is 2.08. The van der Waals surface area contributed by atoms with E-state index < -0.39 is 0 Å². The Bertz CT molecular complexity index is 463. The molecular formula is C11H13ClN4. The summed E-state index contributed by atoms with van der Waals surface area (Å²) in [4.78, 5) is 0. The molecule has 4 nitrogen and oxygen atoms in total. The largest absolute Gasteiger partial charge is 0.312 e. The fourth-order valence-electron chi connectivity index (χ4n) is 1.47. The fourth-order valence-corrected chi connectivity index (χ4v) is 1.60. The first-order valence-electron chi connectivity index (χ1n) is 5.06. The molecule has 0 saturated carbocycles. The van der Waals surface area contributed by atoms with Crippen LogP contribution in [-0.2, 0) is 0 Å². The van der Waals surface area contributed by atoms with Crippen LogP contribution >= 0.6 is 11.6 Å². The number of nitrogens with one attached hydrogen (secondary N) is 1. The molecule has 5 heteroatoms. The zero-order valence-corrected chi connectivity index (χ0v) is 9.94. The molecule has 2 rings (SSSR count). The van der Waals surface area contributed by atoms with Crippen molar-refractivity contribution in [2.75, 3.05) is 7.05 Å². The maximum Gasteiger partial charge on any atom is 0.0812 e. The molecule has 1 heterocycles. The van der Waals surface area contributed by atoms with E-state index in [-0.39, 0.29) is 6.04 Å². The van der Waals surface area contributed by atoms with Crippen LogP contribution in [-0.4, -0.2) is 22.0 Å². The van der Waals surface area contributed by atoms with Crippen LogP contribution in [0.25, 0.3) is 5.69 Å². The fraction of sp³-hybridized carbons (Fsp3) is 0.273. The van der Waals surface area contributed by atoms with Crippen molar-refractivity contribution in [3.63, 3.8) is 0 Å². The zero-order chi connectivity index (χ0) is 11.5. The predicted octanol–water partition coefficient (Wildman–Crippen LogP) is 2.20. The SMILES string of the molecule is CNC(C)c1cnnn1-c1ccc(Cl)cc1. The van der Waals surface area contributed by atoms with Crippen molar-refractivity contribution in [2.45, 2.75) is 13.0 Å². The van der Waals surface area contributed by atoms with E-state index in [1.54, 1.807) is 10.9 Å². The van der Waals surface area contributed by atoms with Crippen LogP contribution in [0.1, 0.15) is 18.7 Å². The lowest BCUT2D eigenvalue weighted by atomic mass is 10.2. The third-order valence-corrected chi connectivity index (χ3v) is 2.78. The van der Waals surface area contributed by atoms with E-state index in [0.29, 0.717) is 5.02 Å². The van der Waals surface area contributed by atoms with Gasteiger partial charge in [0.05, 0.1) is 17.6 Å². The topological polar surface area (TPSA) is 42.7 Å². The number of rotatable bonds is 3. The number of hydrogen-bond donors (Lipinski definition) is 1. The Morgan fingerprint density at radius 1 is 1.31 bits per heavy atom. The monoisotopic (exact) mass is 236 g/mol. The molecular weight excluding hydrogens is 224 g/mol. The van der Waals surface area contributed by atoms with Gasteiger partial charge in [0.1, 0.15) is 0 Å². The zero-order valence-electron chi connectivity index (χ0n) is 9.18. The van der Waals surface area contributed by atoms with Crippen LogP contribution in [0.3, 0.4) is 0 Å². The highest BCUT2D eigenvalue weighted by Gasteiger charge is 2.11. The number of hydrogen-bond acceptors (Lipinski definition) is 3. The first-order chi connectivity index (χ1) is 7.72. The Labute approximate surface area is 99.2 Å². The molecule has 0 radical (unpaired) electrons. The van der Waals surface area contributed by atoms with Crippen molar-refractivity contribution >= 4 is 11.6 Å². The number of halogens is 1. The van der Waals surface area contributed by atoms with Gasteiger partial charge in [-0.15, -0.1) is 5.10 Å². The minimum atomic E-state index is 0.200. The van der Waals surface area contributed by atoms with Gasteiger partial charge in [-0.05, 0) is 38.2 Å². The first kappa shape index (κ1) is 11.1. The Hall–Kier alpha value is -1.39. The maximum atomic E-state index is 5.85. The summed E-state index contributed by atoms with van der Waals surface area (Å²) in [5, 5.41) is 11.9. The van der Waals surface area contributed by atoms with Gasteiger partial charge in [0, 0.05) is 11.1 Å². The van der Waals surface area contributed by atoms with Crippen LogP contribution in [0.15, 0.2) is 30.5 Å². The Morgan fingerprint density at radius 3 is 2.62 bits per heavy atom. The van der Waals surface area contributed by atoms with E-state index in [0.717, 1.165) is 11.4 Å². The number of nitrogens with zero attached hydrogens (tertiary/aromatic N) is 3. The molecule has 84 valence electrons. The highest BCUT2D eigenvalue weighted by molar-refractivity contribution is 6.30. The molecule has 0 aliphatic rings. The maximum absolute atomic E-state index is 5.85. The molecule has 1 N–H and O–H groups in total. The van der Waals surface area contributed by atoms with Gasteiger partial charge in [-0.2, -0.15) is 0 Å². The highest BCUT2D eigenvalue weighted by atomic mass is 35.5. The summed E-state index contributed by atoms with van der Waals surface area (Å²) < 4.78 is 1.80. The summed E-state index contributed by atoms with van der Waals surface area (Å²) in [5.41, 5.74) is 1.98. The molecule has 1 aromatic heterocycles. The molecule has 1 atom stereocenters. The van der Waals surface area contributed by atoms with Crippen LogP contribution < -0.4 is 5.32 Å². The van der Waals surface area contributed by atoms with Gasteiger partial charge < -0.3 is 5.32 Å². The average molecular weight is 237 g/mol. The molecule has 0 saturated heterocycles. The molecule has 1 aromatic carbocycles. The van der Waals surface area contributed by atoms with Crippen molar-refractivity contribution < 1.29 is 0 Å². The molecule has 0 spiro atoms. The Balaban J connectivity index is 2.40. The summed E-state index contributed by atoms with van der Waals surface area (Å²) in [5.74, 6) is 0. The van der Waals surface area contributed by atoms with Crippen LogP contribution in [0.5, 0.6) is 0 Å². The van der Waals surface area contributed by atoms with E-state index in [9.17, 15) is 0 Å². The molecule has 2 aromatic rings. The molecule has 0 amide bonds. The molecule has 16 heavy (non-hydrogen) atoms. The molecule has 0 bridgehead atoms. The Kier molecular flexibility index (Phi) is 3.22. The van der Waals surface area contributed by atoms with E-state index in [1.165, 1.54) is 0 Å². The quantitative estimate of drug-likeness (QED) is 0.889. The summed E-state index contributed by atoms with van der Waals surface area (Å²) in [6.45, 7) is 2.06. The van der Waals surface area contributed by atoms with Gasteiger partial charge in [0.15, 0.2) is 0 Å². The van der Waals surface area contributed by atoms with Crippen LogP contribution in [0.2, 0.25) is 5.02 Å². The van der Waals surface area contributed by atoms with Crippen molar-refractivity contribution in [3.05, 3.63) is 41.2 Å². The third-order valence-electron chi connectivity index (χ3n) is 2.52. The molecule has 1 unspecified atom stereocenters. The summed E-state index contributed by atoms with van der Waals surface area (Å²) >= 11 is 5.85. The van der Waals surface area contributed by atoms with E-state index in [2.05, 4.69) is 22.6 Å². The summed E-state index contributed by atoms with van der Waals surface area (Å²) in [7, 11) is 1.91. The molecule has 0 aliphatic carbocycles. The Morgan fingerprint density at radius 2 is 2.00 bits per heavy atom. The van der Waals surface area contributed by atoms with Gasteiger partial charge in [-0.3, -0.25) is 0 Å². The van der Waals surface area contributed by atoms with Gasteiger partial charge in [0.2, 0.25) is 0 Å². The predicted molar refractivity (Wildman–Crippen MR) is 63.8 cm³/mol. The summed E-state index contributed by atoms with van der Waals surface area (Å²) in [6, 6.07) is 7.72. The molecule has 0 fully saturated rings. The standard InChI is InChI=1S/C11H13ClN4/c1-8(13-2)11-7-14-15-16(11)10-5-3-9(12)4-6-10/h3-8,13H,1-2H3. The van der Waals surface area contributed by atoms with Crippen LogP contribution in [0, 0.1) is 0 Å². The van der Waals surface area contributed by atoms with Gasteiger partial charge in [0.25, 0.3) is 0 Å². The number of aromatic nitrogens is 3. The van der Waals surface area contributed by atoms with Crippen molar-refractivity contribution in [1.29, 1.82) is 0 Å². The average Bonchev–Trinajstić information content (AvgIpc) is 2.78. The van der Waals surface area contributed by atoms with Gasteiger partial charge >= 0.3 is 0 Å². The van der Waals surface area contributed by atoms with Gasteiger partial charge in [-0.25, -0.2) is 4.68 Å². The van der Waals surface area contributed by atoms with Crippen molar-refractivity contribution in [1.82, 2.24) is 20.3 Å². The lowest BCUT2D eigenvalue weighted by Gasteiger charge is -2.11. The number of benzene rings is 1. The van der Waals surface area contributed by atoms with Crippen LogP contribution in [0.4, 0.5) is 0 Å². The van der Waals surface area contributed by atoms with E-state index in [4.69, 9.17) is 11.6 Å². The normalized spacial score (nSPS) is 12.7. The van der Waals surface area contributed by atoms with E-state index >= 15 is 0 Å². The second-order valence-corrected chi connectivity index (χ2v) is 3.99. The first-order valence-corrected chi connectivity index (χ1v) is 5.44. The van der Waals surface area contributed by atoms with Crippen molar-refractivity contribution in [3.8, 4) is 5.69 Å². The second-order valence-electron chi connectivity index (χ2n) is 3.56. The minimum Gasteiger partial charge on any atom is -0.312 e. The lowest BCUT2D eigenvalue weighted by Crippen LogP contribution is -2.16. The smallest absolute Gasteiger partial charge is 0.0812 e. The van der Waals surface area contributed by atoms with Crippen molar-refractivity contribution in [2.24, 2.45) is 0 Å². The second kappa shape index (κ2) is 4.63. The highest BCUT2D eigenvalue weighted by Crippen LogP contribution is 2.17. The van der Waals surface area contributed by atoms with E-state index in [1.807, 2.05) is 31.3 Å².